The van der Waals surface area contributed by atoms with Crippen molar-refractivity contribution in [2.45, 2.75) is 17.5 Å². The van der Waals surface area contributed by atoms with Crippen LogP contribution in [-0.4, -0.2) is 42.4 Å². The normalized spacial score (nSPS) is 13.2. The third-order valence-electron chi connectivity index (χ3n) is 3.99. The van der Waals surface area contributed by atoms with Crippen molar-refractivity contribution in [3.63, 3.8) is 0 Å². The molecule has 0 aliphatic rings. The Hall–Kier alpha value is -1.13. The fraction of sp³-hybridized carbons (Fsp3) is 0.158. The Balaban J connectivity index is 2.57. The van der Waals surface area contributed by atoms with Gasteiger partial charge in [0.05, 0.1) is 9.13 Å². The van der Waals surface area contributed by atoms with E-state index in [1.165, 1.54) is 18.2 Å². The van der Waals surface area contributed by atoms with Gasteiger partial charge in [0, 0.05) is 7.14 Å². The first-order valence-corrected chi connectivity index (χ1v) is 13.3. The molecule has 0 spiro atoms. The molecular formula is C19H10F5I3O7S. The van der Waals surface area contributed by atoms with Crippen molar-refractivity contribution in [3.05, 3.63) is 64.3 Å². The van der Waals surface area contributed by atoms with Gasteiger partial charge >= 0.3 is 33.5 Å². The third-order valence-corrected chi connectivity index (χ3v) is 6.93. The number of benzene rings is 2. The highest BCUT2D eigenvalue weighted by Crippen LogP contribution is 2.39. The van der Waals surface area contributed by atoms with Crippen molar-refractivity contribution < 1.29 is 54.0 Å². The van der Waals surface area contributed by atoms with Crippen LogP contribution in [0.3, 0.4) is 0 Å². The second-order valence-electron chi connectivity index (χ2n) is 6.50. The third kappa shape index (κ3) is 7.22. The molecule has 0 radical (unpaired) electrons. The molecule has 1 atom stereocenters. The standard InChI is InChI=1S/C19H10F5I3O7S/c1-2-8-3-12(16(29)34-17(18(20,21)22)19(23,24)35(30,31)32)14(13(27)4-8)33-15(28)9-5-10(25)7-11(26)6-9/h2-7,17H,1H2,(H,30,31,32). The van der Waals surface area contributed by atoms with E-state index in [0.29, 0.717) is 7.14 Å². The zero-order valence-electron chi connectivity index (χ0n) is 16.6. The Kier molecular flexibility index (Phi) is 9.54. The first kappa shape index (κ1) is 30.1. The first-order chi connectivity index (χ1) is 15.9. The quantitative estimate of drug-likeness (QED) is 0.121. The minimum Gasteiger partial charge on any atom is -0.441 e. The van der Waals surface area contributed by atoms with Crippen molar-refractivity contribution in [1.29, 1.82) is 0 Å². The van der Waals surface area contributed by atoms with Crippen molar-refractivity contribution in [2.24, 2.45) is 0 Å². The van der Waals surface area contributed by atoms with Crippen LogP contribution in [-0.2, 0) is 14.9 Å². The van der Waals surface area contributed by atoms with E-state index >= 15 is 0 Å². The van der Waals surface area contributed by atoms with Crippen LogP contribution in [0.1, 0.15) is 26.3 Å². The highest BCUT2D eigenvalue weighted by atomic mass is 127. The molecular weight excluding hydrogens is 848 g/mol. The Morgan fingerprint density at radius 3 is 1.97 bits per heavy atom. The van der Waals surface area contributed by atoms with Crippen molar-refractivity contribution in [3.8, 4) is 5.75 Å². The van der Waals surface area contributed by atoms with Gasteiger partial charge in [-0.3, -0.25) is 4.55 Å². The zero-order chi connectivity index (χ0) is 26.9. The Morgan fingerprint density at radius 2 is 1.51 bits per heavy atom. The summed E-state index contributed by atoms with van der Waals surface area (Å²) >= 11 is 5.40. The summed E-state index contributed by atoms with van der Waals surface area (Å²) in [6, 6.07) is 6.72. The lowest BCUT2D eigenvalue weighted by Gasteiger charge is -2.26. The van der Waals surface area contributed by atoms with E-state index in [9.17, 15) is 40.0 Å². The summed E-state index contributed by atoms with van der Waals surface area (Å²) < 4.78 is 108. The molecule has 2 aromatic rings. The molecule has 0 amide bonds. The van der Waals surface area contributed by atoms with Crippen LogP contribution >= 0.6 is 67.8 Å². The molecule has 35 heavy (non-hydrogen) atoms. The van der Waals surface area contributed by atoms with Crippen LogP contribution < -0.4 is 4.74 Å². The van der Waals surface area contributed by atoms with Gasteiger partial charge in [-0.2, -0.15) is 30.4 Å². The minimum absolute atomic E-state index is 0.00859. The molecule has 16 heteroatoms. The summed E-state index contributed by atoms with van der Waals surface area (Å²) in [4.78, 5) is 25.2. The van der Waals surface area contributed by atoms with Crippen LogP contribution in [0, 0.1) is 10.7 Å². The summed E-state index contributed by atoms with van der Waals surface area (Å²) in [5.74, 6) is -3.76. The van der Waals surface area contributed by atoms with Gasteiger partial charge in [0.15, 0.2) is 5.75 Å². The molecule has 7 nitrogen and oxygen atoms in total. The topological polar surface area (TPSA) is 107 Å². The van der Waals surface area contributed by atoms with Crippen molar-refractivity contribution in [1.82, 2.24) is 0 Å². The van der Waals surface area contributed by atoms with E-state index in [1.807, 2.05) is 45.2 Å². The molecule has 2 rings (SSSR count). The lowest BCUT2D eigenvalue weighted by Crippen LogP contribution is -2.52. The predicted molar refractivity (Wildman–Crippen MR) is 138 cm³/mol. The van der Waals surface area contributed by atoms with Gasteiger partial charge in [-0.1, -0.05) is 12.7 Å². The molecule has 0 aromatic heterocycles. The lowest BCUT2D eigenvalue weighted by atomic mass is 10.1. The average Bonchev–Trinajstić information content (AvgIpc) is 2.70. The van der Waals surface area contributed by atoms with Crippen LogP contribution in [0.2, 0.25) is 0 Å². The van der Waals surface area contributed by atoms with Crippen LogP contribution in [0.5, 0.6) is 5.75 Å². The van der Waals surface area contributed by atoms with Crippen molar-refractivity contribution in [2.75, 3.05) is 0 Å². The number of hydrogen-bond donors (Lipinski definition) is 1. The fourth-order valence-electron chi connectivity index (χ4n) is 2.44. The van der Waals surface area contributed by atoms with Crippen LogP contribution in [0.15, 0.2) is 36.9 Å². The Labute approximate surface area is 235 Å². The molecule has 2 aromatic carbocycles. The SMILES string of the molecule is C=Cc1cc(I)c(OC(=O)c2cc(I)cc(I)c2)c(C(=O)OC(C(F)(F)F)C(F)(F)S(=O)(=O)O)c1. The maximum Gasteiger partial charge on any atom is 0.432 e. The fourth-order valence-corrected chi connectivity index (χ4v) is 5.59. The molecule has 0 saturated carbocycles. The van der Waals surface area contributed by atoms with Gasteiger partial charge in [-0.05, 0) is 104 Å². The Bertz CT molecular complexity index is 1280. The monoisotopic (exact) mass is 858 g/mol. The smallest absolute Gasteiger partial charge is 0.432 e. The molecule has 0 saturated heterocycles. The first-order valence-electron chi connectivity index (χ1n) is 8.65. The summed E-state index contributed by atoms with van der Waals surface area (Å²) in [7, 11) is -6.64. The van der Waals surface area contributed by atoms with Gasteiger partial charge in [0.25, 0.3) is 6.10 Å². The maximum atomic E-state index is 13.9. The summed E-state index contributed by atoms with van der Waals surface area (Å²) in [6.45, 7) is 3.42. The highest BCUT2D eigenvalue weighted by molar-refractivity contribution is 14.1. The largest absolute Gasteiger partial charge is 0.441 e. The molecule has 1 unspecified atom stereocenters. The molecule has 0 aliphatic carbocycles. The second-order valence-corrected chi connectivity index (χ2v) is 11.6. The molecule has 1 N–H and O–H groups in total. The predicted octanol–water partition coefficient (Wildman–Crippen LogP) is 5.93. The van der Waals surface area contributed by atoms with Crippen molar-refractivity contribution >= 4 is 95.9 Å². The maximum absolute atomic E-state index is 13.9. The average molecular weight is 858 g/mol. The van der Waals surface area contributed by atoms with Gasteiger partial charge < -0.3 is 9.47 Å². The van der Waals surface area contributed by atoms with E-state index in [-0.39, 0.29) is 14.7 Å². The van der Waals surface area contributed by atoms with Gasteiger partial charge in [-0.15, -0.1) is 0 Å². The van der Waals surface area contributed by atoms with E-state index in [4.69, 9.17) is 9.29 Å². The van der Waals surface area contributed by atoms with Crippen LogP contribution in [0.25, 0.3) is 6.08 Å². The lowest BCUT2D eigenvalue weighted by molar-refractivity contribution is -0.248. The molecule has 0 heterocycles. The number of halogens is 8. The highest BCUT2D eigenvalue weighted by Gasteiger charge is 2.66. The van der Waals surface area contributed by atoms with E-state index < -0.39 is 50.9 Å². The minimum atomic E-state index is -6.64. The number of rotatable bonds is 7. The molecule has 0 fully saturated rings. The Morgan fingerprint density at radius 1 is 0.971 bits per heavy atom. The number of carbonyl (C=O) groups is 2. The van der Waals surface area contributed by atoms with Gasteiger partial charge in [0.2, 0.25) is 0 Å². The van der Waals surface area contributed by atoms with E-state index in [1.54, 1.807) is 28.7 Å². The van der Waals surface area contributed by atoms with E-state index in [2.05, 4.69) is 11.3 Å². The second kappa shape index (κ2) is 11.1. The summed E-state index contributed by atoms with van der Waals surface area (Å²) in [5.41, 5.74) is -0.786. The van der Waals surface area contributed by atoms with Crippen LogP contribution in [0.4, 0.5) is 22.0 Å². The number of ether oxygens (including phenoxy) is 2. The molecule has 190 valence electrons. The zero-order valence-corrected chi connectivity index (χ0v) is 23.9. The van der Waals surface area contributed by atoms with Gasteiger partial charge in [-0.25, -0.2) is 9.59 Å². The van der Waals surface area contributed by atoms with Gasteiger partial charge in [0.1, 0.15) is 5.56 Å². The molecule has 0 aliphatic heterocycles. The summed E-state index contributed by atoms with van der Waals surface area (Å²) in [5, 5.41) is -5.93. The number of esters is 2. The number of carbonyl (C=O) groups excluding carboxylic acids is 2. The molecule has 0 bridgehead atoms. The number of hydrogen-bond acceptors (Lipinski definition) is 6. The van der Waals surface area contributed by atoms with E-state index in [0.717, 1.165) is 12.1 Å². The summed E-state index contributed by atoms with van der Waals surface area (Å²) in [6.07, 6.45) is -9.52. The number of alkyl halides is 5.